The summed E-state index contributed by atoms with van der Waals surface area (Å²) in [7, 11) is 0. The molecule has 0 saturated heterocycles. The van der Waals surface area contributed by atoms with Crippen molar-refractivity contribution in [3.63, 3.8) is 0 Å². The number of nitrogens with one attached hydrogen (secondary N) is 1. The Bertz CT molecular complexity index is 596. The number of ether oxygens (including phenoxy) is 9. The largest absolute Gasteiger partial charge is 0.481 e. The van der Waals surface area contributed by atoms with Crippen LogP contribution in [-0.2, 0) is 57.0 Å². The van der Waals surface area contributed by atoms with Gasteiger partial charge in [0.15, 0.2) is 0 Å². The molecule has 0 unspecified atom stereocenters. The van der Waals surface area contributed by atoms with E-state index in [2.05, 4.69) is 5.32 Å². The van der Waals surface area contributed by atoms with Gasteiger partial charge in [-0.3, -0.25) is 9.59 Å². The molecule has 236 valence electrons. The van der Waals surface area contributed by atoms with Crippen LogP contribution < -0.4 is 5.32 Å². The van der Waals surface area contributed by atoms with Crippen molar-refractivity contribution in [1.82, 2.24) is 5.32 Å². The fourth-order valence-electron chi connectivity index (χ4n) is 2.63. The van der Waals surface area contributed by atoms with Crippen LogP contribution in [-0.4, -0.2) is 154 Å². The Hall–Kier alpha value is -1.95. The molecule has 40 heavy (non-hydrogen) atoms. The molecule has 0 aliphatic heterocycles. The molecule has 0 aromatic rings. The summed E-state index contributed by atoms with van der Waals surface area (Å²) in [6.07, 6.45) is 0.464. The molecule has 0 aromatic carbocycles. The quantitative estimate of drug-likeness (QED) is 0.0844. The fourth-order valence-corrected chi connectivity index (χ4v) is 2.63. The summed E-state index contributed by atoms with van der Waals surface area (Å²) >= 11 is 0. The van der Waals surface area contributed by atoms with Crippen LogP contribution >= 0.6 is 0 Å². The van der Waals surface area contributed by atoms with Crippen LogP contribution in [0.4, 0.5) is 0 Å². The zero-order valence-corrected chi connectivity index (χ0v) is 23.3. The van der Waals surface area contributed by atoms with Crippen molar-refractivity contribution in [3.05, 3.63) is 0 Å². The number of aliphatic carboxylic acids is 2. The maximum absolute atomic E-state index is 11.3. The zero-order chi connectivity index (χ0) is 29.4. The number of carboxylic acids is 2. The van der Waals surface area contributed by atoms with Crippen molar-refractivity contribution in [1.29, 1.82) is 0 Å². The van der Waals surface area contributed by atoms with E-state index < -0.39 is 11.9 Å². The van der Waals surface area contributed by atoms with Gasteiger partial charge in [-0.05, 0) is 6.42 Å². The van der Waals surface area contributed by atoms with E-state index in [0.717, 1.165) is 0 Å². The molecule has 3 N–H and O–H groups in total. The average molecular weight is 586 g/mol. The maximum Gasteiger partial charge on any atom is 0.329 e. The first-order chi connectivity index (χ1) is 19.5. The molecule has 0 aliphatic rings. The lowest BCUT2D eigenvalue weighted by molar-refractivity contribution is -0.142. The van der Waals surface area contributed by atoms with E-state index >= 15 is 0 Å². The summed E-state index contributed by atoms with van der Waals surface area (Å²) in [5.74, 6) is -2.26. The lowest BCUT2D eigenvalue weighted by atomic mass is 10.3. The van der Waals surface area contributed by atoms with Gasteiger partial charge in [0.25, 0.3) is 0 Å². The van der Waals surface area contributed by atoms with E-state index in [1.165, 1.54) is 0 Å². The van der Waals surface area contributed by atoms with Gasteiger partial charge in [0.2, 0.25) is 5.91 Å². The van der Waals surface area contributed by atoms with Gasteiger partial charge in [-0.2, -0.15) is 0 Å². The topological polar surface area (TPSA) is 187 Å². The lowest BCUT2D eigenvalue weighted by Gasteiger charge is -2.09. The van der Waals surface area contributed by atoms with Crippen LogP contribution in [0, 0.1) is 0 Å². The van der Waals surface area contributed by atoms with E-state index in [1.807, 2.05) is 0 Å². The smallest absolute Gasteiger partial charge is 0.329 e. The van der Waals surface area contributed by atoms with Gasteiger partial charge in [-0.25, -0.2) is 4.79 Å². The van der Waals surface area contributed by atoms with Crippen molar-refractivity contribution in [2.45, 2.75) is 19.3 Å². The number of carbonyl (C=O) groups is 3. The summed E-state index contributed by atoms with van der Waals surface area (Å²) in [6, 6.07) is 0. The van der Waals surface area contributed by atoms with Gasteiger partial charge in [0.05, 0.1) is 112 Å². The third kappa shape index (κ3) is 34.1. The Labute approximate surface area is 235 Å². The predicted octanol–water partition coefficient (Wildman–Crippen LogP) is -0.408. The third-order valence-electron chi connectivity index (χ3n) is 4.56. The second-order valence-electron chi connectivity index (χ2n) is 7.94. The number of hydrogen-bond donors (Lipinski definition) is 3. The molecule has 15 heteroatoms. The van der Waals surface area contributed by atoms with E-state index in [1.54, 1.807) is 0 Å². The minimum atomic E-state index is -1.00. The lowest BCUT2D eigenvalue weighted by Crippen LogP contribution is -2.25. The third-order valence-corrected chi connectivity index (χ3v) is 4.56. The minimum absolute atomic E-state index is 0.0142. The van der Waals surface area contributed by atoms with Crippen LogP contribution in [0.2, 0.25) is 0 Å². The molecule has 0 saturated carbocycles. The Morgan fingerprint density at radius 2 is 0.750 bits per heavy atom. The highest BCUT2D eigenvalue weighted by Crippen LogP contribution is 1.90. The van der Waals surface area contributed by atoms with E-state index in [4.69, 9.17) is 52.8 Å². The molecule has 0 heterocycles. The molecular formula is C25H47NO14. The van der Waals surface area contributed by atoms with Crippen molar-refractivity contribution in [3.8, 4) is 0 Å². The fraction of sp³-hybridized carbons (Fsp3) is 0.880. The van der Waals surface area contributed by atoms with Crippen LogP contribution in [0.3, 0.4) is 0 Å². The number of hydrogen-bond acceptors (Lipinski definition) is 12. The summed E-state index contributed by atoms with van der Waals surface area (Å²) < 4.78 is 47.8. The summed E-state index contributed by atoms with van der Waals surface area (Å²) in [6.45, 7) is 7.48. The summed E-state index contributed by atoms with van der Waals surface area (Å²) in [5.41, 5.74) is 0. The monoisotopic (exact) mass is 585 g/mol. The maximum atomic E-state index is 11.3. The average Bonchev–Trinajstić information content (AvgIpc) is 2.92. The van der Waals surface area contributed by atoms with Gasteiger partial charge >= 0.3 is 11.9 Å². The van der Waals surface area contributed by atoms with Crippen molar-refractivity contribution in [2.24, 2.45) is 0 Å². The molecule has 0 aliphatic carbocycles. The number of carbonyl (C=O) groups excluding carboxylic acids is 1. The van der Waals surface area contributed by atoms with E-state index in [0.29, 0.717) is 119 Å². The molecule has 0 aromatic heterocycles. The highest BCUT2D eigenvalue weighted by Gasteiger charge is 2.04. The Morgan fingerprint density at radius 1 is 0.425 bits per heavy atom. The van der Waals surface area contributed by atoms with Crippen LogP contribution in [0.1, 0.15) is 19.3 Å². The van der Waals surface area contributed by atoms with Gasteiger partial charge in [0.1, 0.15) is 6.61 Å². The number of carboxylic acid groups (broad SMARTS) is 2. The summed E-state index contributed by atoms with van der Waals surface area (Å²) in [5, 5.41) is 19.5. The first-order valence-electron chi connectivity index (χ1n) is 13.4. The van der Waals surface area contributed by atoms with Crippen molar-refractivity contribution in [2.75, 3.05) is 125 Å². The molecule has 0 atom stereocenters. The van der Waals surface area contributed by atoms with Crippen molar-refractivity contribution >= 4 is 17.8 Å². The highest BCUT2D eigenvalue weighted by molar-refractivity contribution is 5.80. The molecule has 0 fully saturated rings. The second kappa shape index (κ2) is 31.6. The molecule has 0 bridgehead atoms. The first-order valence-corrected chi connectivity index (χ1v) is 13.4. The normalized spacial score (nSPS) is 11.1. The predicted molar refractivity (Wildman–Crippen MR) is 140 cm³/mol. The van der Waals surface area contributed by atoms with Gasteiger partial charge in [0, 0.05) is 19.6 Å². The Kier molecular flexibility index (Phi) is 30.0. The number of amides is 1. The molecule has 15 nitrogen and oxygen atoms in total. The molecule has 0 spiro atoms. The Balaban J connectivity index is 3.09. The van der Waals surface area contributed by atoms with E-state index in [9.17, 15) is 14.4 Å². The Morgan fingerprint density at radius 3 is 1.07 bits per heavy atom. The molecule has 0 rings (SSSR count). The standard InChI is InChI=1S/C25H47NO14/c27-23(2-3-24(28)29)26-4-1-5-32-6-7-33-8-9-34-10-11-35-12-13-36-14-15-37-16-17-38-18-19-39-20-21-40-22-25(30)31/h1-22H2,(H,26,27)(H,28,29)(H,30,31). The molecular weight excluding hydrogens is 538 g/mol. The second-order valence-corrected chi connectivity index (χ2v) is 7.94. The zero-order valence-electron chi connectivity index (χ0n) is 23.3. The van der Waals surface area contributed by atoms with Crippen LogP contribution in [0.25, 0.3) is 0 Å². The first kappa shape index (κ1) is 38.0. The SMILES string of the molecule is O=C(O)CCC(=O)NCCCOCCOCCOCCOCCOCCOCCOCCOCCOCC(=O)O. The van der Waals surface area contributed by atoms with Gasteiger partial charge in [-0.15, -0.1) is 0 Å². The van der Waals surface area contributed by atoms with Gasteiger partial charge in [-0.1, -0.05) is 0 Å². The van der Waals surface area contributed by atoms with Gasteiger partial charge < -0.3 is 58.2 Å². The van der Waals surface area contributed by atoms with E-state index in [-0.39, 0.29) is 32.0 Å². The van der Waals surface area contributed by atoms with Crippen LogP contribution in [0.5, 0.6) is 0 Å². The minimum Gasteiger partial charge on any atom is -0.481 e. The highest BCUT2D eigenvalue weighted by atomic mass is 16.6. The molecule has 0 radical (unpaired) electrons. The molecule has 1 amide bonds. The number of rotatable bonds is 33. The van der Waals surface area contributed by atoms with Crippen molar-refractivity contribution < 1.29 is 67.2 Å². The van der Waals surface area contributed by atoms with Crippen LogP contribution in [0.15, 0.2) is 0 Å². The summed E-state index contributed by atoms with van der Waals surface area (Å²) in [4.78, 5) is 31.9.